The maximum atomic E-state index is 12.6. The lowest BCUT2D eigenvalue weighted by molar-refractivity contribution is -0.144. The molecule has 2 saturated carbocycles. The second kappa shape index (κ2) is 5.80. The summed E-state index contributed by atoms with van der Waals surface area (Å²) in [5, 5.41) is 2.85. The van der Waals surface area contributed by atoms with Gasteiger partial charge >= 0.3 is 6.09 Å². The summed E-state index contributed by atoms with van der Waals surface area (Å²) in [5.41, 5.74) is 1.11. The maximum absolute atomic E-state index is 12.6. The Bertz CT molecular complexity index is 633. The molecule has 5 heteroatoms. The predicted octanol–water partition coefficient (Wildman–Crippen LogP) is 2.35. The zero-order valence-electron chi connectivity index (χ0n) is 14.0. The van der Waals surface area contributed by atoms with Crippen molar-refractivity contribution in [3.8, 4) is 0 Å². The molecule has 0 bridgehead atoms. The molecule has 1 spiro atoms. The molecule has 2 aliphatic carbocycles. The van der Waals surface area contributed by atoms with Gasteiger partial charge in [-0.3, -0.25) is 4.79 Å². The minimum Gasteiger partial charge on any atom is -0.447 e. The van der Waals surface area contributed by atoms with E-state index in [4.69, 9.17) is 4.74 Å². The number of carbonyl (C=O) groups excluding carboxylic acids is 2. The fourth-order valence-electron chi connectivity index (χ4n) is 4.37. The van der Waals surface area contributed by atoms with Crippen LogP contribution >= 0.6 is 0 Å². The largest absolute Gasteiger partial charge is 0.447 e. The molecular weight excluding hydrogens is 304 g/mol. The van der Waals surface area contributed by atoms with E-state index in [2.05, 4.69) is 29.6 Å². The molecule has 128 valence electrons. The molecule has 0 radical (unpaired) electrons. The molecule has 1 saturated heterocycles. The quantitative estimate of drug-likeness (QED) is 0.923. The highest BCUT2D eigenvalue weighted by molar-refractivity contribution is 5.81. The standard InChI is InChI=1S/C19H24N2O3/c1-21(16-8-14(9-16)7-13-5-3-2-4-6-13)17(22)15-10-19(11-15)12-24-18(23)20-19/h2-6,14-16H,7-12H2,1H3,(H,20,23)/t14-,15-,16+,19+. The van der Waals surface area contributed by atoms with Crippen molar-refractivity contribution in [3.63, 3.8) is 0 Å². The smallest absolute Gasteiger partial charge is 0.407 e. The first-order valence-corrected chi connectivity index (χ1v) is 8.80. The maximum Gasteiger partial charge on any atom is 0.407 e. The van der Waals surface area contributed by atoms with Gasteiger partial charge in [-0.2, -0.15) is 0 Å². The summed E-state index contributed by atoms with van der Waals surface area (Å²) < 4.78 is 4.97. The van der Waals surface area contributed by atoms with E-state index in [9.17, 15) is 9.59 Å². The summed E-state index contributed by atoms with van der Waals surface area (Å²) in [4.78, 5) is 25.7. The normalized spacial score (nSPS) is 34.0. The van der Waals surface area contributed by atoms with Crippen molar-refractivity contribution < 1.29 is 14.3 Å². The summed E-state index contributed by atoms with van der Waals surface area (Å²) in [6, 6.07) is 10.9. The molecule has 4 rings (SSSR count). The number of nitrogens with zero attached hydrogens (tertiary/aromatic N) is 1. The third-order valence-electron chi connectivity index (χ3n) is 5.94. The van der Waals surface area contributed by atoms with Gasteiger partial charge in [0, 0.05) is 19.0 Å². The van der Waals surface area contributed by atoms with Crippen molar-refractivity contribution in [2.24, 2.45) is 11.8 Å². The van der Waals surface area contributed by atoms with Gasteiger partial charge in [0.05, 0.1) is 5.54 Å². The number of benzene rings is 1. The summed E-state index contributed by atoms with van der Waals surface area (Å²) in [7, 11) is 1.93. The van der Waals surface area contributed by atoms with E-state index in [1.54, 1.807) is 0 Å². The highest BCUT2D eigenvalue weighted by Crippen LogP contribution is 2.43. The second-order valence-corrected chi connectivity index (χ2v) is 7.72. The van der Waals surface area contributed by atoms with Crippen LogP contribution in [0.1, 0.15) is 31.2 Å². The van der Waals surface area contributed by atoms with Crippen molar-refractivity contribution in [2.75, 3.05) is 13.7 Å². The zero-order valence-corrected chi connectivity index (χ0v) is 14.0. The van der Waals surface area contributed by atoms with Crippen molar-refractivity contribution in [2.45, 2.75) is 43.7 Å². The van der Waals surface area contributed by atoms with Gasteiger partial charge in [-0.1, -0.05) is 30.3 Å². The Morgan fingerprint density at radius 3 is 2.62 bits per heavy atom. The minimum absolute atomic E-state index is 0.0326. The van der Waals surface area contributed by atoms with Crippen molar-refractivity contribution in [1.82, 2.24) is 10.2 Å². The van der Waals surface area contributed by atoms with Gasteiger partial charge in [0.2, 0.25) is 5.91 Å². The first kappa shape index (κ1) is 15.5. The Balaban J connectivity index is 1.24. The number of alkyl carbamates (subject to hydrolysis) is 1. The molecule has 0 unspecified atom stereocenters. The van der Waals surface area contributed by atoms with Gasteiger partial charge < -0.3 is 15.0 Å². The summed E-state index contributed by atoms with van der Waals surface area (Å²) in [5.74, 6) is 0.943. The van der Waals surface area contributed by atoms with E-state index >= 15 is 0 Å². The molecule has 2 amide bonds. The van der Waals surface area contributed by atoms with Gasteiger partial charge in [-0.15, -0.1) is 0 Å². The number of ether oxygens (including phenoxy) is 1. The van der Waals surface area contributed by atoms with Crippen LogP contribution in [0.3, 0.4) is 0 Å². The molecule has 0 aromatic heterocycles. The summed E-state index contributed by atoms with van der Waals surface area (Å²) >= 11 is 0. The topological polar surface area (TPSA) is 58.6 Å². The molecule has 1 N–H and O–H groups in total. The summed E-state index contributed by atoms with van der Waals surface area (Å²) in [6.45, 7) is 0.405. The average molecular weight is 328 g/mol. The molecule has 0 atom stereocenters. The predicted molar refractivity (Wildman–Crippen MR) is 89.4 cm³/mol. The lowest BCUT2D eigenvalue weighted by atomic mass is 9.67. The van der Waals surface area contributed by atoms with Gasteiger partial charge in [0.25, 0.3) is 0 Å². The van der Waals surface area contributed by atoms with Gasteiger partial charge in [-0.05, 0) is 43.6 Å². The third kappa shape index (κ3) is 2.76. The average Bonchev–Trinajstić information content (AvgIpc) is 2.91. The Kier molecular flexibility index (Phi) is 3.74. The zero-order chi connectivity index (χ0) is 16.7. The number of carbonyl (C=O) groups is 2. The highest BCUT2D eigenvalue weighted by Gasteiger charge is 2.53. The van der Waals surface area contributed by atoms with Gasteiger partial charge in [-0.25, -0.2) is 4.79 Å². The van der Waals surface area contributed by atoms with Crippen molar-refractivity contribution >= 4 is 12.0 Å². The first-order valence-electron chi connectivity index (χ1n) is 8.80. The molecule has 1 aromatic carbocycles. The number of amides is 2. The van der Waals surface area contributed by atoms with E-state index < -0.39 is 0 Å². The molecule has 3 aliphatic rings. The van der Waals surface area contributed by atoms with Crippen molar-refractivity contribution in [1.29, 1.82) is 0 Å². The lowest BCUT2D eigenvalue weighted by Gasteiger charge is -2.47. The third-order valence-corrected chi connectivity index (χ3v) is 5.94. The Hall–Kier alpha value is -2.04. The van der Waals surface area contributed by atoms with Crippen LogP contribution in [-0.4, -0.2) is 42.1 Å². The van der Waals surface area contributed by atoms with Crippen LogP contribution in [0, 0.1) is 11.8 Å². The summed E-state index contributed by atoms with van der Waals surface area (Å²) in [6.07, 6.45) is 4.36. The molecule has 1 aliphatic heterocycles. The van der Waals surface area contributed by atoms with Crippen LogP contribution in [0.25, 0.3) is 0 Å². The van der Waals surface area contributed by atoms with E-state index in [-0.39, 0.29) is 23.5 Å². The van der Waals surface area contributed by atoms with E-state index in [1.165, 1.54) is 5.56 Å². The van der Waals surface area contributed by atoms with Crippen LogP contribution < -0.4 is 5.32 Å². The minimum atomic E-state index is -0.350. The van der Waals surface area contributed by atoms with Crippen LogP contribution in [0.5, 0.6) is 0 Å². The Labute approximate surface area is 142 Å². The molecular formula is C19H24N2O3. The Morgan fingerprint density at radius 2 is 2.00 bits per heavy atom. The monoisotopic (exact) mass is 328 g/mol. The van der Waals surface area contributed by atoms with Gasteiger partial charge in [0.1, 0.15) is 6.61 Å². The molecule has 3 fully saturated rings. The molecule has 5 nitrogen and oxygen atoms in total. The number of rotatable bonds is 4. The van der Waals surface area contributed by atoms with Crippen LogP contribution in [0.4, 0.5) is 4.79 Å². The van der Waals surface area contributed by atoms with E-state index in [0.717, 1.165) is 19.3 Å². The number of cyclic esters (lactones) is 1. The van der Waals surface area contributed by atoms with Gasteiger partial charge in [0.15, 0.2) is 0 Å². The van der Waals surface area contributed by atoms with Crippen LogP contribution in [0.15, 0.2) is 30.3 Å². The molecule has 1 heterocycles. The first-order chi connectivity index (χ1) is 11.5. The molecule has 24 heavy (non-hydrogen) atoms. The van der Waals surface area contributed by atoms with E-state index in [1.807, 2.05) is 18.0 Å². The highest BCUT2D eigenvalue weighted by atomic mass is 16.6. The number of hydrogen-bond acceptors (Lipinski definition) is 3. The van der Waals surface area contributed by atoms with Crippen LogP contribution in [-0.2, 0) is 16.0 Å². The van der Waals surface area contributed by atoms with E-state index in [0.29, 0.717) is 31.4 Å². The molecule has 1 aromatic rings. The Morgan fingerprint density at radius 1 is 1.29 bits per heavy atom. The fraction of sp³-hybridized carbons (Fsp3) is 0.579. The SMILES string of the molecule is CN(C(=O)[C@H]1C[C@]2(COC(=O)N2)C1)[C@H]1C[C@@H](Cc2ccccc2)C1. The van der Waals surface area contributed by atoms with Crippen molar-refractivity contribution in [3.05, 3.63) is 35.9 Å². The van der Waals surface area contributed by atoms with Crippen LogP contribution in [0.2, 0.25) is 0 Å². The second-order valence-electron chi connectivity index (χ2n) is 7.72. The number of hydrogen-bond donors (Lipinski definition) is 1. The fourth-order valence-corrected chi connectivity index (χ4v) is 4.37. The number of nitrogens with one attached hydrogen (secondary N) is 1. The lowest BCUT2D eigenvalue weighted by Crippen LogP contribution is -2.59.